The van der Waals surface area contributed by atoms with Gasteiger partial charge in [-0.1, -0.05) is 24.3 Å². The molecule has 0 aliphatic carbocycles. The number of nitrogens with zero attached hydrogens (tertiary/aromatic N) is 2. The van der Waals surface area contributed by atoms with E-state index in [1.807, 2.05) is 5.32 Å². The first kappa shape index (κ1) is 36.3. The van der Waals surface area contributed by atoms with Crippen LogP contribution in [0.25, 0.3) is 22.0 Å². The van der Waals surface area contributed by atoms with Crippen molar-refractivity contribution in [1.82, 2.24) is 10.3 Å². The minimum Gasteiger partial charge on any atom is -0.480 e. The molecule has 3 aromatic carbocycles. The minimum atomic E-state index is -5.23. The smallest absolute Gasteiger partial charge is 0.417 e. The molecule has 2 heterocycles. The van der Waals surface area contributed by atoms with Gasteiger partial charge in [0.1, 0.15) is 29.3 Å². The molecule has 18 heteroatoms. The van der Waals surface area contributed by atoms with Crippen molar-refractivity contribution >= 4 is 28.3 Å². The minimum absolute atomic E-state index is 0.0290. The topological polar surface area (TPSA) is 91.8 Å². The van der Waals surface area contributed by atoms with Crippen molar-refractivity contribution < 1.29 is 67.7 Å². The number of carboxylic acids is 1. The highest BCUT2D eigenvalue weighted by molar-refractivity contribution is 5.99. The van der Waals surface area contributed by atoms with E-state index in [2.05, 4.69) is 4.98 Å². The first-order chi connectivity index (χ1) is 23.3. The van der Waals surface area contributed by atoms with Crippen LogP contribution in [0.3, 0.4) is 0 Å². The highest BCUT2D eigenvalue weighted by Gasteiger charge is 2.46. The lowest BCUT2D eigenvalue weighted by molar-refractivity contribution is -0.167. The molecule has 1 aliphatic rings. The fourth-order valence-corrected chi connectivity index (χ4v) is 5.60. The number of anilines is 1. The first-order valence-electron chi connectivity index (χ1n) is 14.4. The Morgan fingerprint density at radius 3 is 2.20 bits per heavy atom. The zero-order valence-corrected chi connectivity index (χ0v) is 25.0. The van der Waals surface area contributed by atoms with Gasteiger partial charge in [0, 0.05) is 35.8 Å². The number of pyridine rings is 1. The van der Waals surface area contributed by atoms with Gasteiger partial charge in [-0.05, 0) is 41.3 Å². The number of benzene rings is 3. The summed E-state index contributed by atoms with van der Waals surface area (Å²) >= 11 is 0. The first-order valence-corrected chi connectivity index (χ1v) is 14.4. The molecule has 1 amide bonds. The van der Waals surface area contributed by atoms with Gasteiger partial charge >= 0.3 is 24.5 Å². The van der Waals surface area contributed by atoms with Crippen LogP contribution in [0.2, 0.25) is 0 Å². The second kappa shape index (κ2) is 13.4. The number of hydrogen-bond donors (Lipinski definition) is 2. The van der Waals surface area contributed by atoms with Crippen LogP contribution in [0.15, 0.2) is 60.8 Å². The summed E-state index contributed by atoms with van der Waals surface area (Å²) in [6.07, 6.45) is -14.7. The second-order valence-corrected chi connectivity index (χ2v) is 11.1. The van der Waals surface area contributed by atoms with Crippen LogP contribution in [0, 0.1) is 11.6 Å². The Kier molecular flexibility index (Phi) is 9.70. The fraction of sp³-hybridized carbons (Fsp3) is 0.281. The second-order valence-electron chi connectivity index (χ2n) is 11.1. The summed E-state index contributed by atoms with van der Waals surface area (Å²) in [6, 6.07) is 3.04. The number of rotatable bonds is 7. The van der Waals surface area contributed by atoms with Gasteiger partial charge in [0.15, 0.2) is 0 Å². The van der Waals surface area contributed by atoms with Crippen LogP contribution < -0.4 is 10.2 Å². The molecular formula is C32H22F11N3O4. The molecule has 5 rings (SSSR count). The molecule has 1 aromatic heterocycles. The molecule has 0 bridgehead atoms. The third-order valence-corrected chi connectivity index (χ3v) is 7.92. The Morgan fingerprint density at radius 2 is 1.60 bits per heavy atom. The van der Waals surface area contributed by atoms with Gasteiger partial charge in [-0.3, -0.25) is 9.78 Å². The number of hydrogen-bond acceptors (Lipinski definition) is 5. The van der Waals surface area contributed by atoms with Crippen LogP contribution >= 0.6 is 0 Å². The lowest BCUT2D eigenvalue weighted by Gasteiger charge is -2.38. The van der Waals surface area contributed by atoms with Gasteiger partial charge in [-0.25, -0.2) is 13.6 Å². The number of carboxylic acid groups (broad SMARTS) is 1. The number of fused-ring (bicyclic) bond motifs is 1. The molecule has 7 nitrogen and oxygen atoms in total. The molecule has 0 unspecified atom stereocenters. The number of carbonyl (C=O) groups excluding carboxylic acids is 1. The number of aliphatic carboxylic acids is 1. The van der Waals surface area contributed by atoms with E-state index in [0.717, 1.165) is 6.20 Å². The highest BCUT2D eigenvalue weighted by Crippen LogP contribution is 2.42. The number of alkyl halides is 9. The summed E-state index contributed by atoms with van der Waals surface area (Å²) in [4.78, 5) is 29.7. The average molecular weight is 722 g/mol. The van der Waals surface area contributed by atoms with Crippen LogP contribution in [0.1, 0.15) is 27.0 Å². The third kappa shape index (κ3) is 7.44. The Morgan fingerprint density at radius 1 is 0.920 bits per heavy atom. The number of ether oxygens (including phenoxy) is 1. The van der Waals surface area contributed by atoms with Gasteiger partial charge in [-0.15, -0.1) is 0 Å². The fourth-order valence-electron chi connectivity index (χ4n) is 5.60. The maximum atomic E-state index is 15.1. The summed E-state index contributed by atoms with van der Waals surface area (Å²) < 4.78 is 157. The Balaban J connectivity index is 1.46. The van der Waals surface area contributed by atoms with E-state index in [0.29, 0.717) is 29.2 Å². The molecule has 0 spiro atoms. The SMILES string of the molecule is O=C(N[C@@H](Cc1cccc2c(-c3ccc(C(F)(F)F)cc3C(F)(F)F)nccc12)C(=O)O)c1c(F)cc(N2CCOC[C@@H]2C(F)(F)F)cc1F. The predicted molar refractivity (Wildman–Crippen MR) is 154 cm³/mol. The van der Waals surface area contributed by atoms with Crippen molar-refractivity contribution in [3.63, 3.8) is 0 Å². The number of carbonyl (C=O) groups is 2. The zero-order chi connectivity index (χ0) is 36.8. The molecule has 1 fully saturated rings. The average Bonchev–Trinajstić information content (AvgIpc) is 3.02. The maximum Gasteiger partial charge on any atom is 0.417 e. The van der Waals surface area contributed by atoms with E-state index in [9.17, 15) is 54.2 Å². The molecule has 50 heavy (non-hydrogen) atoms. The van der Waals surface area contributed by atoms with Gasteiger partial charge in [-0.2, -0.15) is 39.5 Å². The van der Waals surface area contributed by atoms with E-state index in [1.54, 1.807) is 0 Å². The Hall–Kier alpha value is -5.00. The van der Waals surface area contributed by atoms with Gasteiger partial charge in [0.25, 0.3) is 5.91 Å². The van der Waals surface area contributed by atoms with Crippen molar-refractivity contribution in [3.8, 4) is 11.3 Å². The van der Waals surface area contributed by atoms with Crippen LogP contribution in [0.5, 0.6) is 0 Å². The number of halogens is 11. The predicted octanol–water partition coefficient (Wildman–Crippen LogP) is 7.41. The lowest BCUT2D eigenvalue weighted by Crippen LogP contribution is -2.53. The van der Waals surface area contributed by atoms with Gasteiger partial charge in [0.2, 0.25) is 0 Å². The van der Waals surface area contributed by atoms with E-state index < -0.39 is 101 Å². The molecule has 1 saturated heterocycles. The molecule has 4 aromatic rings. The van der Waals surface area contributed by atoms with Crippen molar-refractivity contribution in [2.75, 3.05) is 24.7 Å². The van der Waals surface area contributed by atoms with E-state index >= 15 is 8.78 Å². The summed E-state index contributed by atoms with van der Waals surface area (Å²) in [7, 11) is 0. The van der Waals surface area contributed by atoms with Crippen LogP contribution in [0.4, 0.5) is 54.0 Å². The van der Waals surface area contributed by atoms with Gasteiger partial charge < -0.3 is 20.1 Å². The molecule has 0 saturated carbocycles. The van der Waals surface area contributed by atoms with Crippen molar-refractivity contribution in [2.24, 2.45) is 0 Å². The monoisotopic (exact) mass is 721 g/mol. The zero-order valence-electron chi connectivity index (χ0n) is 25.0. The number of amides is 1. The summed E-state index contributed by atoms with van der Waals surface area (Å²) in [5, 5.41) is 11.9. The molecule has 1 aliphatic heterocycles. The molecule has 266 valence electrons. The highest BCUT2D eigenvalue weighted by atomic mass is 19.4. The summed E-state index contributed by atoms with van der Waals surface area (Å²) in [5.41, 5.74) is -6.03. The molecule has 2 atom stereocenters. The Bertz CT molecular complexity index is 1920. The van der Waals surface area contributed by atoms with Crippen LogP contribution in [-0.2, 0) is 28.3 Å². The Labute approximate surface area is 274 Å². The normalized spacial score (nSPS) is 16.4. The van der Waals surface area contributed by atoms with Crippen molar-refractivity contribution in [3.05, 3.63) is 94.7 Å². The van der Waals surface area contributed by atoms with Crippen molar-refractivity contribution in [1.29, 1.82) is 0 Å². The van der Waals surface area contributed by atoms with E-state index in [1.165, 1.54) is 24.3 Å². The van der Waals surface area contributed by atoms with Crippen LogP contribution in [-0.4, -0.2) is 60.0 Å². The summed E-state index contributed by atoms with van der Waals surface area (Å²) in [5.74, 6) is -6.46. The number of aromatic nitrogens is 1. The largest absolute Gasteiger partial charge is 0.480 e. The van der Waals surface area contributed by atoms with E-state index in [4.69, 9.17) is 4.74 Å². The molecule has 0 radical (unpaired) electrons. The quantitative estimate of drug-likeness (QED) is 0.193. The maximum absolute atomic E-state index is 15.1. The van der Waals surface area contributed by atoms with E-state index in [-0.39, 0.29) is 35.6 Å². The number of morpholine rings is 1. The lowest BCUT2D eigenvalue weighted by atomic mass is 9.93. The third-order valence-electron chi connectivity index (χ3n) is 7.92. The molecule has 2 N–H and O–H groups in total. The van der Waals surface area contributed by atoms with Gasteiger partial charge in [0.05, 0.1) is 30.0 Å². The number of nitrogens with one attached hydrogen (secondary N) is 1. The van der Waals surface area contributed by atoms with Crippen molar-refractivity contribution in [2.45, 2.75) is 37.0 Å². The summed E-state index contributed by atoms with van der Waals surface area (Å²) in [6.45, 7) is -1.37. The molecular weight excluding hydrogens is 699 g/mol. The standard InChI is InChI=1S/C32H22F11N3O4/c33-22-12-17(46-8-9-50-14-25(46)32(41,42)43)13-23(34)26(22)28(47)45-24(29(48)49)10-15-2-1-3-19-18(15)6-7-44-27(19)20-5-4-16(30(35,36)37)11-21(20)31(38,39)40/h1-7,11-13,24-25H,8-10,14H2,(H,45,47)(H,48,49)/t24-,25+/m0/s1.